The normalized spacial score (nSPS) is 12.5. The van der Waals surface area contributed by atoms with Crippen LogP contribution in [-0.2, 0) is 4.79 Å². The van der Waals surface area contributed by atoms with Gasteiger partial charge in [0.05, 0.1) is 0 Å². The Morgan fingerprint density at radius 1 is 0.971 bits per heavy atom. The molecule has 176 valence electrons. The van der Waals surface area contributed by atoms with E-state index in [1.165, 1.54) is 6.39 Å². The Morgan fingerprint density at radius 3 is 2.54 bits per heavy atom. The van der Waals surface area contributed by atoms with Gasteiger partial charge in [0.1, 0.15) is 19.0 Å². The molecule has 8 heteroatoms. The first-order valence-corrected chi connectivity index (χ1v) is 11.2. The zero-order valence-corrected chi connectivity index (χ0v) is 18.9. The minimum absolute atomic E-state index is 0.131. The Balaban J connectivity index is 1.30. The average molecular weight is 469 g/mol. The molecule has 1 amide bonds. The van der Waals surface area contributed by atoms with Gasteiger partial charge in [0.2, 0.25) is 12.3 Å². The number of amides is 1. The molecule has 0 spiro atoms. The standard InChI is InChI=1S/C27H23N3O5/c31-26(18-34-23-11-8-21(9-12-23)27-29-28-19-35-27)30(14-4-7-20-5-2-1-3-6-20)22-10-13-24-25(17-22)33-16-15-32-24/h1-13,17,19H,14-16,18H2. The van der Waals surface area contributed by atoms with Crippen LogP contribution >= 0.6 is 0 Å². The summed E-state index contributed by atoms with van der Waals surface area (Å²) < 4.78 is 22.3. The molecule has 2 heterocycles. The zero-order chi connectivity index (χ0) is 23.9. The molecule has 0 bridgehead atoms. The predicted octanol–water partition coefficient (Wildman–Crippen LogP) is 4.63. The Labute approximate surface area is 202 Å². The quantitative estimate of drug-likeness (QED) is 0.372. The van der Waals surface area contributed by atoms with Crippen LogP contribution in [0, 0.1) is 0 Å². The second-order valence-electron chi connectivity index (χ2n) is 7.70. The fraction of sp³-hybridized carbons (Fsp3) is 0.148. The van der Waals surface area contributed by atoms with Crippen LogP contribution in [0.15, 0.2) is 89.7 Å². The minimum atomic E-state index is -0.194. The van der Waals surface area contributed by atoms with Crippen molar-refractivity contribution >= 4 is 17.7 Å². The number of ether oxygens (including phenoxy) is 3. The summed E-state index contributed by atoms with van der Waals surface area (Å²) in [5, 5.41) is 7.56. The summed E-state index contributed by atoms with van der Waals surface area (Å²) in [5.74, 6) is 2.08. The van der Waals surface area contributed by atoms with E-state index in [-0.39, 0.29) is 12.5 Å². The summed E-state index contributed by atoms with van der Waals surface area (Å²) in [5.41, 5.74) is 2.53. The van der Waals surface area contributed by atoms with Gasteiger partial charge in [-0.1, -0.05) is 42.5 Å². The van der Waals surface area contributed by atoms with Crippen molar-refractivity contribution in [2.45, 2.75) is 0 Å². The Hall–Kier alpha value is -4.59. The summed E-state index contributed by atoms with van der Waals surface area (Å²) in [6.07, 6.45) is 5.20. The number of hydrogen-bond acceptors (Lipinski definition) is 7. The van der Waals surface area contributed by atoms with E-state index in [2.05, 4.69) is 10.2 Å². The largest absolute Gasteiger partial charge is 0.486 e. The fourth-order valence-electron chi connectivity index (χ4n) is 3.63. The summed E-state index contributed by atoms with van der Waals surface area (Å²) >= 11 is 0. The van der Waals surface area contributed by atoms with Crippen molar-refractivity contribution in [3.63, 3.8) is 0 Å². The van der Waals surface area contributed by atoms with Crippen LogP contribution in [0.4, 0.5) is 5.69 Å². The first kappa shape index (κ1) is 22.2. The number of anilines is 1. The van der Waals surface area contributed by atoms with Crippen molar-refractivity contribution < 1.29 is 23.4 Å². The van der Waals surface area contributed by atoms with Crippen molar-refractivity contribution in [2.24, 2.45) is 0 Å². The van der Waals surface area contributed by atoms with Gasteiger partial charge in [-0.3, -0.25) is 4.79 Å². The van der Waals surface area contributed by atoms with Crippen molar-refractivity contribution in [1.29, 1.82) is 0 Å². The average Bonchev–Trinajstić information content (AvgIpc) is 3.46. The first-order valence-electron chi connectivity index (χ1n) is 11.2. The van der Waals surface area contributed by atoms with Crippen molar-refractivity contribution in [2.75, 3.05) is 31.3 Å². The molecule has 0 atom stereocenters. The molecule has 0 radical (unpaired) electrons. The van der Waals surface area contributed by atoms with E-state index >= 15 is 0 Å². The van der Waals surface area contributed by atoms with Crippen LogP contribution in [0.1, 0.15) is 5.56 Å². The number of benzene rings is 3. The van der Waals surface area contributed by atoms with Gasteiger partial charge in [-0.05, 0) is 42.0 Å². The molecule has 1 aliphatic heterocycles. The number of aromatic nitrogens is 2. The molecular formula is C27H23N3O5. The predicted molar refractivity (Wildman–Crippen MR) is 130 cm³/mol. The van der Waals surface area contributed by atoms with E-state index < -0.39 is 0 Å². The summed E-state index contributed by atoms with van der Waals surface area (Å²) in [4.78, 5) is 14.9. The van der Waals surface area contributed by atoms with Gasteiger partial charge in [0.25, 0.3) is 5.91 Å². The molecule has 3 aromatic carbocycles. The molecule has 0 N–H and O–H groups in total. The molecule has 0 saturated heterocycles. The monoisotopic (exact) mass is 469 g/mol. The van der Waals surface area contributed by atoms with E-state index in [4.69, 9.17) is 18.6 Å². The van der Waals surface area contributed by atoms with E-state index in [1.54, 1.807) is 29.2 Å². The number of fused-ring (bicyclic) bond motifs is 1. The third-order valence-electron chi connectivity index (χ3n) is 5.36. The van der Waals surface area contributed by atoms with Crippen LogP contribution in [0.2, 0.25) is 0 Å². The maximum absolute atomic E-state index is 13.2. The molecular weight excluding hydrogens is 446 g/mol. The van der Waals surface area contributed by atoms with Crippen LogP contribution in [0.25, 0.3) is 17.5 Å². The highest BCUT2D eigenvalue weighted by atomic mass is 16.6. The summed E-state index contributed by atoms with van der Waals surface area (Å²) in [6.45, 7) is 1.22. The van der Waals surface area contributed by atoms with Gasteiger partial charge in [-0.15, -0.1) is 10.2 Å². The van der Waals surface area contributed by atoms with Crippen molar-refractivity contribution in [1.82, 2.24) is 10.2 Å². The third-order valence-corrected chi connectivity index (χ3v) is 5.36. The van der Waals surface area contributed by atoms with Crippen LogP contribution in [0.3, 0.4) is 0 Å². The number of rotatable bonds is 8. The Morgan fingerprint density at radius 2 is 1.77 bits per heavy atom. The first-order chi connectivity index (χ1) is 17.3. The van der Waals surface area contributed by atoms with Crippen LogP contribution in [0.5, 0.6) is 17.2 Å². The van der Waals surface area contributed by atoms with Gasteiger partial charge < -0.3 is 23.5 Å². The maximum Gasteiger partial charge on any atom is 0.265 e. The SMILES string of the molecule is O=C(COc1ccc(-c2nnco2)cc1)N(CC=Cc1ccccc1)c1ccc2c(c1)OCCO2. The number of nitrogens with zero attached hydrogens (tertiary/aromatic N) is 3. The third kappa shape index (κ3) is 5.50. The molecule has 0 aliphatic carbocycles. The Bertz CT molecular complexity index is 1290. The van der Waals surface area contributed by atoms with Gasteiger partial charge in [-0.2, -0.15) is 0 Å². The molecule has 8 nitrogen and oxygen atoms in total. The summed E-state index contributed by atoms with van der Waals surface area (Å²) in [7, 11) is 0. The molecule has 35 heavy (non-hydrogen) atoms. The van der Waals surface area contributed by atoms with E-state index in [9.17, 15) is 4.79 Å². The van der Waals surface area contributed by atoms with Crippen LogP contribution < -0.4 is 19.1 Å². The molecule has 0 saturated carbocycles. The smallest absolute Gasteiger partial charge is 0.265 e. The highest BCUT2D eigenvalue weighted by Crippen LogP contribution is 2.34. The van der Waals surface area contributed by atoms with Crippen LogP contribution in [-0.4, -0.2) is 42.5 Å². The molecule has 4 aromatic rings. The highest BCUT2D eigenvalue weighted by Gasteiger charge is 2.19. The Kier molecular flexibility index (Phi) is 6.70. The molecule has 5 rings (SSSR count). The molecule has 1 aromatic heterocycles. The van der Waals surface area contributed by atoms with Gasteiger partial charge in [0, 0.05) is 23.9 Å². The van der Waals surface area contributed by atoms with Gasteiger partial charge in [0.15, 0.2) is 18.1 Å². The molecule has 0 fully saturated rings. The van der Waals surface area contributed by atoms with Crippen molar-refractivity contribution in [3.05, 3.63) is 90.8 Å². The molecule has 1 aliphatic rings. The van der Waals surface area contributed by atoms with Gasteiger partial charge in [-0.25, -0.2) is 0 Å². The lowest BCUT2D eigenvalue weighted by molar-refractivity contribution is -0.120. The lowest BCUT2D eigenvalue weighted by Gasteiger charge is -2.24. The number of carbonyl (C=O) groups excluding carboxylic acids is 1. The van der Waals surface area contributed by atoms with Crippen molar-refractivity contribution in [3.8, 4) is 28.7 Å². The van der Waals surface area contributed by atoms with E-state index in [1.807, 2.05) is 60.7 Å². The second kappa shape index (κ2) is 10.6. The summed E-state index contributed by atoms with van der Waals surface area (Å²) in [6, 6.07) is 22.5. The van der Waals surface area contributed by atoms with E-state index in [0.29, 0.717) is 48.6 Å². The minimum Gasteiger partial charge on any atom is -0.486 e. The second-order valence-corrected chi connectivity index (χ2v) is 7.70. The highest BCUT2D eigenvalue weighted by molar-refractivity contribution is 5.95. The lowest BCUT2D eigenvalue weighted by Crippen LogP contribution is -2.35. The maximum atomic E-state index is 13.2. The number of hydrogen-bond donors (Lipinski definition) is 0. The zero-order valence-electron chi connectivity index (χ0n) is 18.9. The number of carbonyl (C=O) groups is 1. The lowest BCUT2D eigenvalue weighted by atomic mass is 10.2. The van der Waals surface area contributed by atoms with Gasteiger partial charge >= 0.3 is 0 Å². The molecule has 0 unspecified atom stereocenters. The fourth-order valence-corrected chi connectivity index (χ4v) is 3.63. The van der Waals surface area contributed by atoms with E-state index in [0.717, 1.165) is 11.1 Å². The topological polar surface area (TPSA) is 86.9 Å².